The monoisotopic (exact) mass is 575 g/mol. The number of aryl methyl sites for hydroxylation is 1. The maximum absolute atomic E-state index is 13.1. The summed E-state index contributed by atoms with van der Waals surface area (Å²) < 4.78 is 11.8. The van der Waals surface area contributed by atoms with Gasteiger partial charge in [0.2, 0.25) is 0 Å². The van der Waals surface area contributed by atoms with Crippen LogP contribution in [0.2, 0.25) is 0 Å². The fourth-order valence-corrected chi connectivity index (χ4v) is 5.93. The van der Waals surface area contributed by atoms with Gasteiger partial charge in [0.15, 0.2) is 5.82 Å². The molecule has 0 aliphatic carbocycles. The van der Waals surface area contributed by atoms with E-state index in [1.165, 1.54) is 56.3 Å². The van der Waals surface area contributed by atoms with E-state index in [1.54, 1.807) is 18.3 Å². The zero-order valence-corrected chi connectivity index (χ0v) is 25.1. The van der Waals surface area contributed by atoms with Crippen molar-refractivity contribution < 1.29 is 18.8 Å². The zero-order valence-electron chi connectivity index (χ0n) is 24.3. The van der Waals surface area contributed by atoms with Crippen molar-refractivity contribution in [2.75, 3.05) is 6.61 Å². The second kappa shape index (κ2) is 16.1. The molecule has 0 N–H and O–H groups in total. The molecule has 1 amide bonds. The largest absolute Gasteiger partial charge is 0.459 e. The number of nitrogens with zero attached hydrogens (tertiary/aromatic N) is 3. The van der Waals surface area contributed by atoms with Crippen LogP contribution in [-0.2, 0) is 33.8 Å². The molecule has 0 spiro atoms. The van der Waals surface area contributed by atoms with Crippen LogP contribution in [0.1, 0.15) is 88.6 Å². The van der Waals surface area contributed by atoms with Crippen LogP contribution in [0.4, 0.5) is 0 Å². The fourth-order valence-electron chi connectivity index (χ4n) is 4.97. The summed E-state index contributed by atoms with van der Waals surface area (Å²) in [5.74, 6) is -0.323. The molecule has 2 aromatic heterocycles. The lowest BCUT2D eigenvalue weighted by atomic mass is 10.1. The number of rotatable bonds is 16. The van der Waals surface area contributed by atoms with Crippen LogP contribution in [0.5, 0.6) is 0 Å². The van der Waals surface area contributed by atoms with Crippen molar-refractivity contribution in [3.8, 4) is 11.5 Å². The first-order valence-electron chi connectivity index (χ1n) is 14.9. The van der Waals surface area contributed by atoms with Gasteiger partial charge in [-0.25, -0.2) is 4.79 Å². The molecule has 0 bridgehead atoms. The molecule has 8 heteroatoms. The highest BCUT2D eigenvalue weighted by Gasteiger charge is 2.25. The normalized spacial score (nSPS) is 11.2. The Labute approximate surface area is 246 Å². The topological polar surface area (TPSA) is 85.5 Å². The number of fused-ring (bicyclic) bond motifs is 1. The van der Waals surface area contributed by atoms with Crippen LogP contribution < -0.4 is 0 Å². The number of benzene rings is 2. The van der Waals surface area contributed by atoms with E-state index in [1.807, 2.05) is 47.8 Å². The van der Waals surface area contributed by atoms with E-state index in [9.17, 15) is 9.59 Å². The van der Waals surface area contributed by atoms with E-state index in [4.69, 9.17) is 9.26 Å². The van der Waals surface area contributed by atoms with Crippen molar-refractivity contribution in [3.05, 3.63) is 70.9 Å². The number of carbonyl (C=O) groups excluding carboxylic acids is 2. The molecule has 0 aliphatic heterocycles. The zero-order chi connectivity index (χ0) is 28.9. The maximum atomic E-state index is 13.1. The minimum absolute atomic E-state index is 0.147. The standard InChI is InChI=1S/C33H41N3O4S/c1-3-5-6-7-8-9-10-11-12-20-30-34-31(40-35-30)26-17-15-16-25(21-26)22-36(32(37)33(38)39-4-2)23-27-24-41-29-19-14-13-18-28(27)29/h13-19,21,24H,3-12,20,22-23H2,1-2H3. The molecule has 0 aliphatic rings. The van der Waals surface area contributed by atoms with E-state index in [2.05, 4.69) is 23.1 Å². The molecule has 0 saturated heterocycles. The van der Waals surface area contributed by atoms with Crippen molar-refractivity contribution in [2.45, 2.75) is 91.1 Å². The molecule has 0 radical (unpaired) electrons. The Morgan fingerprint density at radius 1 is 0.902 bits per heavy atom. The molecule has 2 aromatic carbocycles. The van der Waals surface area contributed by atoms with Crippen molar-refractivity contribution in [3.63, 3.8) is 0 Å². The number of ether oxygens (including phenoxy) is 1. The van der Waals surface area contributed by atoms with Gasteiger partial charge in [0, 0.05) is 29.8 Å². The maximum Gasteiger partial charge on any atom is 0.397 e. The quantitative estimate of drug-likeness (QED) is 0.0762. The van der Waals surface area contributed by atoms with Crippen LogP contribution in [0, 0.1) is 0 Å². The predicted octanol–water partition coefficient (Wildman–Crippen LogP) is 8.12. The Kier molecular flexibility index (Phi) is 11.9. The molecule has 41 heavy (non-hydrogen) atoms. The smallest absolute Gasteiger partial charge is 0.397 e. The molecule has 4 aromatic rings. The Balaban J connectivity index is 1.37. The Hall–Kier alpha value is -3.52. The minimum atomic E-state index is -0.846. The van der Waals surface area contributed by atoms with Gasteiger partial charge >= 0.3 is 11.9 Å². The van der Waals surface area contributed by atoms with Gasteiger partial charge in [0.05, 0.1) is 6.61 Å². The number of thiophene rings is 1. The minimum Gasteiger partial charge on any atom is -0.459 e. The van der Waals surface area contributed by atoms with Crippen molar-refractivity contribution in [1.29, 1.82) is 0 Å². The highest BCUT2D eigenvalue weighted by Crippen LogP contribution is 2.28. The Morgan fingerprint density at radius 3 is 2.44 bits per heavy atom. The third-order valence-electron chi connectivity index (χ3n) is 7.18. The van der Waals surface area contributed by atoms with Gasteiger partial charge in [-0.2, -0.15) is 4.98 Å². The lowest BCUT2D eigenvalue weighted by Gasteiger charge is -2.22. The van der Waals surface area contributed by atoms with Crippen molar-refractivity contribution in [2.24, 2.45) is 0 Å². The van der Waals surface area contributed by atoms with Crippen molar-refractivity contribution >= 4 is 33.3 Å². The van der Waals surface area contributed by atoms with Gasteiger partial charge in [0.25, 0.3) is 5.89 Å². The van der Waals surface area contributed by atoms with Gasteiger partial charge in [-0.3, -0.25) is 4.79 Å². The molecule has 4 rings (SSSR count). The van der Waals surface area contributed by atoms with E-state index in [0.717, 1.165) is 45.4 Å². The molecule has 2 heterocycles. The Bertz CT molecular complexity index is 1400. The second-order valence-corrected chi connectivity index (χ2v) is 11.3. The summed E-state index contributed by atoms with van der Waals surface area (Å²) in [6.07, 6.45) is 12.2. The first-order valence-corrected chi connectivity index (χ1v) is 15.8. The number of unbranched alkanes of at least 4 members (excludes halogenated alkanes) is 8. The SMILES string of the molecule is CCCCCCCCCCCc1noc(-c2cccc(CN(Cc3csc4ccccc34)C(=O)C(=O)OCC)c2)n1. The van der Waals surface area contributed by atoms with Crippen LogP contribution >= 0.6 is 11.3 Å². The van der Waals surface area contributed by atoms with Crippen LogP contribution in [-0.4, -0.2) is 33.5 Å². The average molecular weight is 576 g/mol. The lowest BCUT2D eigenvalue weighted by Crippen LogP contribution is -2.36. The number of hydrogen-bond acceptors (Lipinski definition) is 7. The molecule has 218 valence electrons. The third-order valence-corrected chi connectivity index (χ3v) is 8.19. The average Bonchev–Trinajstić information content (AvgIpc) is 3.63. The summed E-state index contributed by atoms with van der Waals surface area (Å²) in [5.41, 5.74) is 2.65. The molecular formula is C33H41N3O4S. The van der Waals surface area contributed by atoms with E-state index >= 15 is 0 Å². The van der Waals surface area contributed by atoms with Gasteiger partial charge in [-0.1, -0.05) is 93.8 Å². The summed E-state index contributed by atoms with van der Waals surface area (Å²) in [4.78, 5) is 31.7. The second-order valence-electron chi connectivity index (χ2n) is 10.4. The summed E-state index contributed by atoms with van der Waals surface area (Å²) in [7, 11) is 0. The lowest BCUT2D eigenvalue weighted by molar-refractivity contribution is -0.160. The number of aromatic nitrogens is 2. The summed E-state index contributed by atoms with van der Waals surface area (Å²) in [6, 6.07) is 15.8. The number of carbonyl (C=O) groups is 2. The van der Waals surface area contributed by atoms with Crippen LogP contribution in [0.3, 0.4) is 0 Å². The highest BCUT2D eigenvalue weighted by atomic mass is 32.1. The number of esters is 1. The third kappa shape index (κ3) is 8.98. The molecule has 7 nitrogen and oxygen atoms in total. The van der Waals surface area contributed by atoms with Gasteiger partial charge in [-0.15, -0.1) is 11.3 Å². The molecule has 0 atom stereocenters. The first-order chi connectivity index (χ1) is 20.1. The fraction of sp³-hybridized carbons (Fsp3) is 0.455. The van der Waals surface area contributed by atoms with E-state index < -0.39 is 11.9 Å². The van der Waals surface area contributed by atoms with Gasteiger partial charge in [0.1, 0.15) is 0 Å². The van der Waals surface area contributed by atoms with Crippen LogP contribution in [0.15, 0.2) is 58.4 Å². The molecule has 0 unspecified atom stereocenters. The van der Waals surface area contributed by atoms with Gasteiger partial charge in [-0.05, 0) is 53.4 Å². The Morgan fingerprint density at radius 2 is 1.66 bits per heavy atom. The van der Waals surface area contributed by atoms with E-state index in [0.29, 0.717) is 12.4 Å². The number of hydrogen-bond donors (Lipinski definition) is 0. The first kappa shape index (κ1) is 30.4. The number of amides is 1. The summed E-state index contributed by atoms with van der Waals surface area (Å²) >= 11 is 1.63. The van der Waals surface area contributed by atoms with Crippen LogP contribution in [0.25, 0.3) is 21.5 Å². The molecule has 0 saturated carbocycles. The summed E-state index contributed by atoms with van der Waals surface area (Å²) in [6.45, 7) is 4.64. The molecule has 0 fully saturated rings. The van der Waals surface area contributed by atoms with Gasteiger partial charge < -0.3 is 14.2 Å². The molecular weight excluding hydrogens is 534 g/mol. The van der Waals surface area contributed by atoms with E-state index in [-0.39, 0.29) is 13.2 Å². The predicted molar refractivity (Wildman–Crippen MR) is 163 cm³/mol. The summed E-state index contributed by atoms with van der Waals surface area (Å²) in [5, 5.41) is 7.31. The van der Waals surface area contributed by atoms with Crippen molar-refractivity contribution in [1.82, 2.24) is 15.0 Å². The highest BCUT2D eigenvalue weighted by molar-refractivity contribution is 7.17.